The molecule has 0 spiro atoms. The molecule has 0 N–H and O–H groups in total. The van der Waals surface area contributed by atoms with Gasteiger partial charge in [-0.3, -0.25) is 0 Å². The number of aryl methyl sites for hydroxylation is 1. The summed E-state index contributed by atoms with van der Waals surface area (Å²) in [4.78, 5) is 0. The van der Waals surface area contributed by atoms with E-state index in [9.17, 15) is 3.08 Å². The summed E-state index contributed by atoms with van der Waals surface area (Å²) < 4.78 is 15.0. The first-order valence-corrected chi connectivity index (χ1v) is 7.22. The monoisotopic (exact) mass is 286 g/mol. The Morgan fingerprint density at radius 2 is 1.92 bits per heavy atom. The molecule has 0 aliphatic heterocycles. The van der Waals surface area contributed by atoms with Crippen LogP contribution >= 0.6 is 0 Å². The van der Waals surface area contributed by atoms with Crippen LogP contribution in [0.1, 0.15) is 18.4 Å². The van der Waals surface area contributed by atoms with Gasteiger partial charge in [-0.2, -0.15) is 0 Å². The molecular weight excluding hydrogens is 271 g/mol. The van der Waals surface area contributed by atoms with Gasteiger partial charge in [-0.15, -0.1) is 0 Å². The second kappa shape index (κ2) is 7.21. The number of rotatable bonds is 6. The van der Waals surface area contributed by atoms with Crippen molar-refractivity contribution in [2.24, 2.45) is 0 Å². The molecule has 70 valence electrons. The molecule has 0 fully saturated rings. The molecular formula is C10H14O2Sn. The Bertz CT molecular complexity index is 236. The zero-order valence-corrected chi connectivity index (χ0v) is 10.9. The second-order valence-electron chi connectivity index (χ2n) is 2.91. The zero-order valence-electron chi connectivity index (χ0n) is 7.61. The van der Waals surface area contributed by atoms with Gasteiger partial charge in [0.1, 0.15) is 0 Å². The minimum absolute atomic E-state index is 0.678. The van der Waals surface area contributed by atoms with Gasteiger partial charge in [0, 0.05) is 0 Å². The van der Waals surface area contributed by atoms with Crippen LogP contribution in [0.2, 0.25) is 0 Å². The van der Waals surface area contributed by atoms with Crippen molar-refractivity contribution in [2.75, 3.05) is 6.61 Å². The molecule has 0 aliphatic rings. The van der Waals surface area contributed by atoms with Gasteiger partial charge >= 0.3 is 89.5 Å². The van der Waals surface area contributed by atoms with Crippen LogP contribution in [0, 0.1) is 0 Å². The summed E-state index contributed by atoms with van der Waals surface area (Å²) in [6.45, 7) is 0.678. The quantitative estimate of drug-likeness (QED) is 0.587. The van der Waals surface area contributed by atoms with Crippen molar-refractivity contribution in [3.8, 4) is 0 Å². The molecule has 0 radical (unpaired) electrons. The summed E-state index contributed by atoms with van der Waals surface area (Å²) in [7, 11) is 0. The summed E-state index contributed by atoms with van der Waals surface area (Å²) in [6.07, 6.45) is 3.23. The third-order valence-electron chi connectivity index (χ3n) is 1.89. The van der Waals surface area contributed by atoms with Crippen molar-refractivity contribution in [2.45, 2.75) is 19.3 Å². The predicted octanol–water partition coefficient (Wildman–Crippen LogP) is 1.72. The van der Waals surface area contributed by atoms with E-state index in [2.05, 4.69) is 24.3 Å². The van der Waals surface area contributed by atoms with Crippen molar-refractivity contribution in [1.29, 1.82) is 0 Å². The van der Waals surface area contributed by atoms with E-state index < -0.39 is 21.5 Å². The van der Waals surface area contributed by atoms with E-state index in [4.69, 9.17) is 3.07 Å². The topological polar surface area (TPSA) is 26.3 Å². The summed E-state index contributed by atoms with van der Waals surface area (Å²) in [5.41, 5.74) is 1.37. The summed E-state index contributed by atoms with van der Waals surface area (Å²) in [6, 6.07) is 10.4. The fourth-order valence-corrected chi connectivity index (χ4v) is 1.96. The van der Waals surface area contributed by atoms with Crippen LogP contribution in [0.5, 0.6) is 0 Å². The molecule has 1 aromatic rings. The Hall–Kier alpha value is -0.221. The van der Waals surface area contributed by atoms with Crippen LogP contribution in [-0.4, -0.2) is 28.1 Å². The minimum atomic E-state index is -1.80. The maximum atomic E-state index is 10.1. The van der Waals surface area contributed by atoms with Gasteiger partial charge in [0.2, 0.25) is 0 Å². The van der Waals surface area contributed by atoms with Gasteiger partial charge in [0.15, 0.2) is 0 Å². The third kappa shape index (κ3) is 5.16. The Balaban J connectivity index is 2.10. The molecule has 1 aromatic carbocycles. The molecule has 2 nitrogen and oxygen atoms in total. The van der Waals surface area contributed by atoms with E-state index in [1.807, 2.05) is 6.07 Å². The second-order valence-corrected chi connectivity index (χ2v) is 4.41. The first-order valence-electron chi connectivity index (χ1n) is 4.52. The Labute approximate surface area is 89.4 Å². The van der Waals surface area contributed by atoms with Crippen molar-refractivity contribution < 1.29 is 6.15 Å². The van der Waals surface area contributed by atoms with E-state index in [-0.39, 0.29) is 0 Å². The molecule has 0 aromatic heterocycles. The molecule has 0 unspecified atom stereocenters. The molecule has 0 heterocycles. The van der Waals surface area contributed by atoms with Crippen LogP contribution in [0.15, 0.2) is 30.3 Å². The summed E-state index contributed by atoms with van der Waals surface area (Å²) in [5, 5.41) is 0. The van der Waals surface area contributed by atoms with Gasteiger partial charge < -0.3 is 0 Å². The standard InChI is InChI=1S/C10H13O.O.Sn.H/c11-9-5-4-8-10-6-2-1-3-7-10;;;/h1-3,6-7H,4-5,8-9H2;;;/q-1;;+1;. The van der Waals surface area contributed by atoms with Crippen LogP contribution in [0.3, 0.4) is 0 Å². The average molecular weight is 285 g/mol. The Morgan fingerprint density at radius 3 is 2.62 bits per heavy atom. The fraction of sp³-hybridized carbons (Fsp3) is 0.400. The van der Waals surface area contributed by atoms with Crippen LogP contribution in [-0.2, 0) is 12.6 Å². The van der Waals surface area contributed by atoms with E-state index in [1.165, 1.54) is 5.56 Å². The molecule has 13 heavy (non-hydrogen) atoms. The molecule has 0 aliphatic carbocycles. The number of unbranched alkanes of at least 4 members (excludes halogenated alkanes) is 1. The molecule has 0 amide bonds. The molecule has 3 heteroatoms. The van der Waals surface area contributed by atoms with E-state index in [0.717, 1.165) is 19.3 Å². The van der Waals surface area contributed by atoms with Gasteiger partial charge in [0.05, 0.1) is 0 Å². The van der Waals surface area contributed by atoms with Gasteiger partial charge in [-0.1, -0.05) is 0 Å². The number of hydrogen-bond donors (Lipinski definition) is 0. The van der Waals surface area contributed by atoms with Crippen molar-refractivity contribution in [3.63, 3.8) is 0 Å². The van der Waals surface area contributed by atoms with Gasteiger partial charge in [-0.25, -0.2) is 0 Å². The predicted molar refractivity (Wildman–Crippen MR) is 53.2 cm³/mol. The third-order valence-corrected chi connectivity index (χ3v) is 2.95. The summed E-state index contributed by atoms with van der Waals surface area (Å²) in [5.74, 6) is 0. The molecule has 0 atom stereocenters. The van der Waals surface area contributed by atoms with Crippen molar-refractivity contribution in [1.82, 2.24) is 0 Å². The van der Waals surface area contributed by atoms with E-state index >= 15 is 0 Å². The fourth-order valence-electron chi connectivity index (χ4n) is 1.21. The average Bonchev–Trinajstić information content (AvgIpc) is 2.19. The van der Waals surface area contributed by atoms with Crippen LogP contribution in [0.25, 0.3) is 0 Å². The first kappa shape index (κ1) is 10.9. The molecule has 0 saturated carbocycles. The van der Waals surface area contributed by atoms with Crippen molar-refractivity contribution >= 4 is 21.5 Å². The van der Waals surface area contributed by atoms with E-state index in [1.54, 1.807) is 0 Å². The molecule has 0 bridgehead atoms. The normalized spacial score (nSPS) is 9.85. The van der Waals surface area contributed by atoms with Crippen LogP contribution in [0.4, 0.5) is 0 Å². The van der Waals surface area contributed by atoms with Crippen molar-refractivity contribution in [3.05, 3.63) is 35.9 Å². The molecule has 0 saturated heterocycles. The maximum absolute atomic E-state index is 10.1. The van der Waals surface area contributed by atoms with Gasteiger partial charge in [0.25, 0.3) is 0 Å². The zero-order chi connectivity index (χ0) is 9.36. The Kier molecular flexibility index (Phi) is 6.02. The van der Waals surface area contributed by atoms with Gasteiger partial charge in [-0.05, 0) is 0 Å². The SMILES string of the molecule is [O]=[SnH][O]CCCCc1ccccc1. The molecule has 1 rings (SSSR count). The Morgan fingerprint density at radius 1 is 1.15 bits per heavy atom. The number of hydrogen-bond acceptors (Lipinski definition) is 2. The first-order chi connectivity index (χ1) is 6.43. The summed E-state index contributed by atoms with van der Waals surface area (Å²) >= 11 is -1.80. The number of benzene rings is 1. The van der Waals surface area contributed by atoms with E-state index in [0.29, 0.717) is 6.61 Å². The van der Waals surface area contributed by atoms with Crippen LogP contribution < -0.4 is 0 Å².